The fourth-order valence-electron chi connectivity index (χ4n) is 3.48. The van der Waals surface area contributed by atoms with E-state index in [2.05, 4.69) is 35.7 Å². The highest BCUT2D eigenvalue weighted by Gasteiger charge is 2.17. The summed E-state index contributed by atoms with van der Waals surface area (Å²) in [5, 5.41) is 1.12. The average molecular weight is 346 g/mol. The summed E-state index contributed by atoms with van der Waals surface area (Å²) in [6.45, 7) is 4.08. The fourth-order valence-corrected chi connectivity index (χ4v) is 3.48. The van der Waals surface area contributed by atoms with Gasteiger partial charge in [0.25, 0.3) is 0 Å². The van der Waals surface area contributed by atoms with Gasteiger partial charge in [-0.15, -0.1) is 0 Å². The lowest BCUT2D eigenvalue weighted by Crippen LogP contribution is -2.10. The van der Waals surface area contributed by atoms with Gasteiger partial charge in [0.05, 0.1) is 11.6 Å². The van der Waals surface area contributed by atoms with E-state index in [9.17, 15) is 0 Å². The summed E-state index contributed by atoms with van der Waals surface area (Å²) in [5.41, 5.74) is 3.19. The van der Waals surface area contributed by atoms with E-state index < -0.39 is 0 Å². The first kappa shape index (κ1) is 16.9. The summed E-state index contributed by atoms with van der Waals surface area (Å²) >= 11 is 0. The van der Waals surface area contributed by atoms with Crippen LogP contribution in [-0.4, -0.2) is 11.1 Å². The highest BCUT2D eigenvalue weighted by atomic mass is 16.5. The van der Waals surface area contributed by atoms with Crippen LogP contribution in [0.3, 0.4) is 0 Å². The van der Waals surface area contributed by atoms with E-state index in [1.807, 2.05) is 38.1 Å². The molecule has 1 aromatic heterocycles. The van der Waals surface area contributed by atoms with E-state index in [-0.39, 0.29) is 0 Å². The van der Waals surface area contributed by atoms with Crippen molar-refractivity contribution in [1.29, 1.82) is 0 Å². The van der Waals surface area contributed by atoms with Crippen LogP contribution in [0, 0.1) is 13.3 Å². The Labute approximate surface area is 155 Å². The van der Waals surface area contributed by atoms with Gasteiger partial charge in [-0.3, -0.25) is 0 Å². The molecular formula is C23H24NO2. The molecule has 1 fully saturated rings. The summed E-state index contributed by atoms with van der Waals surface area (Å²) in [5.74, 6) is 2.35. The first-order valence-corrected chi connectivity index (χ1v) is 9.36. The minimum Gasteiger partial charge on any atom is -0.490 e. The standard InChI is InChI=1S/C23H24NO2/c1-3-17-8-11-21-18(15-17)9-13-23(24-21)26-22-12-10-20(14-16(22)2)25-19-6-4-5-7-19/h3,8-15,19H,4-7H2,1-2H3. The minimum absolute atomic E-state index is 0.369. The lowest BCUT2D eigenvalue weighted by Gasteiger charge is -2.15. The molecule has 133 valence electrons. The van der Waals surface area contributed by atoms with Gasteiger partial charge in [0.1, 0.15) is 11.5 Å². The van der Waals surface area contributed by atoms with Crippen molar-refractivity contribution in [3.63, 3.8) is 0 Å². The molecule has 0 bridgehead atoms. The molecule has 0 aliphatic heterocycles. The van der Waals surface area contributed by atoms with Gasteiger partial charge >= 0.3 is 0 Å². The summed E-state index contributed by atoms with van der Waals surface area (Å²) in [4.78, 5) is 4.63. The lowest BCUT2D eigenvalue weighted by atomic mass is 10.1. The molecule has 0 unspecified atom stereocenters. The van der Waals surface area contributed by atoms with E-state index in [4.69, 9.17) is 9.47 Å². The van der Waals surface area contributed by atoms with Crippen molar-refractivity contribution < 1.29 is 9.47 Å². The number of aryl methyl sites for hydroxylation is 1. The van der Waals surface area contributed by atoms with Crippen molar-refractivity contribution in [2.24, 2.45) is 0 Å². The molecule has 1 heterocycles. The van der Waals surface area contributed by atoms with Crippen LogP contribution in [0.4, 0.5) is 0 Å². The molecule has 3 aromatic rings. The predicted octanol–water partition coefficient (Wildman–Crippen LogP) is 6.23. The van der Waals surface area contributed by atoms with Crippen LogP contribution in [0.2, 0.25) is 0 Å². The molecule has 3 nitrogen and oxygen atoms in total. The normalized spacial score (nSPS) is 14.7. The number of pyridine rings is 1. The van der Waals surface area contributed by atoms with Crippen molar-refractivity contribution in [2.45, 2.75) is 45.6 Å². The van der Waals surface area contributed by atoms with Gasteiger partial charge in [-0.25, -0.2) is 4.98 Å². The van der Waals surface area contributed by atoms with Crippen LogP contribution < -0.4 is 9.47 Å². The molecule has 26 heavy (non-hydrogen) atoms. The minimum atomic E-state index is 0.369. The summed E-state index contributed by atoms with van der Waals surface area (Å²) in [7, 11) is 0. The number of fused-ring (bicyclic) bond motifs is 1. The molecule has 0 atom stereocenters. The maximum absolute atomic E-state index is 6.07. The van der Waals surface area contributed by atoms with Crippen LogP contribution in [0.5, 0.6) is 17.4 Å². The molecular weight excluding hydrogens is 322 g/mol. The van der Waals surface area contributed by atoms with Gasteiger partial charge in [-0.2, -0.15) is 0 Å². The Morgan fingerprint density at radius 3 is 2.62 bits per heavy atom. The molecule has 0 saturated heterocycles. The van der Waals surface area contributed by atoms with Gasteiger partial charge in [0, 0.05) is 11.5 Å². The van der Waals surface area contributed by atoms with Gasteiger partial charge in [0.15, 0.2) is 0 Å². The molecule has 4 rings (SSSR count). The molecule has 1 aliphatic carbocycles. The first-order valence-electron chi connectivity index (χ1n) is 9.36. The second-order valence-electron chi connectivity index (χ2n) is 6.94. The van der Waals surface area contributed by atoms with Crippen LogP contribution in [-0.2, 0) is 0 Å². The van der Waals surface area contributed by atoms with Gasteiger partial charge in [0.2, 0.25) is 5.88 Å². The van der Waals surface area contributed by atoms with Gasteiger partial charge < -0.3 is 9.47 Å². The van der Waals surface area contributed by atoms with Crippen LogP contribution in [0.1, 0.15) is 43.7 Å². The summed E-state index contributed by atoms with van der Waals surface area (Å²) in [6.07, 6.45) is 7.33. The van der Waals surface area contributed by atoms with Crippen molar-refractivity contribution in [2.75, 3.05) is 0 Å². The molecule has 1 aliphatic rings. The van der Waals surface area contributed by atoms with Crippen molar-refractivity contribution in [3.8, 4) is 17.4 Å². The van der Waals surface area contributed by atoms with Gasteiger partial charge in [-0.1, -0.05) is 13.0 Å². The third kappa shape index (κ3) is 3.67. The maximum Gasteiger partial charge on any atom is 0.219 e. The molecule has 0 N–H and O–H groups in total. The molecule has 2 aromatic carbocycles. The molecule has 1 radical (unpaired) electrons. The zero-order valence-electron chi connectivity index (χ0n) is 15.4. The van der Waals surface area contributed by atoms with Crippen LogP contribution >= 0.6 is 0 Å². The smallest absolute Gasteiger partial charge is 0.219 e. The predicted molar refractivity (Wildman–Crippen MR) is 105 cm³/mol. The number of benzene rings is 2. The molecule has 0 amide bonds. The van der Waals surface area contributed by atoms with E-state index in [1.54, 1.807) is 0 Å². The Balaban J connectivity index is 1.51. The SMILES string of the molecule is C[CH]c1ccc2nc(Oc3ccc(OC4CCCC4)cc3C)ccc2c1. The maximum atomic E-state index is 6.07. The number of aromatic nitrogens is 1. The lowest BCUT2D eigenvalue weighted by molar-refractivity contribution is 0.209. The van der Waals surface area contributed by atoms with Crippen molar-refractivity contribution in [1.82, 2.24) is 4.98 Å². The third-order valence-electron chi connectivity index (χ3n) is 4.99. The quantitative estimate of drug-likeness (QED) is 0.549. The zero-order valence-corrected chi connectivity index (χ0v) is 15.4. The van der Waals surface area contributed by atoms with E-state index in [0.717, 1.165) is 40.8 Å². The monoisotopic (exact) mass is 346 g/mol. The zero-order chi connectivity index (χ0) is 17.9. The molecule has 3 heteroatoms. The number of rotatable bonds is 5. The van der Waals surface area contributed by atoms with Crippen LogP contribution in [0.15, 0.2) is 48.5 Å². The Hall–Kier alpha value is -2.55. The average Bonchev–Trinajstić information content (AvgIpc) is 3.16. The van der Waals surface area contributed by atoms with E-state index in [1.165, 1.54) is 18.4 Å². The highest BCUT2D eigenvalue weighted by Crippen LogP contribution is 2.30. The largest absolute Gasteiger partial charge is 0.490 e. The number of nitrogens with zero attached hydrogens (tertiary/aromatic N) is 1. The first-order chi connectivity index (χ1) is 12.7. The molecule has 1 saturated carbocycles. The Morgan fingerprint density at radius 1 is 1.00 bits per heavy atom. The van der Waals surface area contributed by atoms with E-state index in [0.29, 0.717) is 12.0 Å². The fraction of sp³-hybridized carbons (Fsp3) is 0.304. The number of hydrogen-bond donors (Lipinski definition) is 0. The molecule has 0 spiro atoms. The third-order valence-corrected chi connectivity index (χ3v) is 4.99. The highest BCUT2D eigenvalue weighted by molar-refractivity contribution is 5.80. The van der Waals surface area contributed by atoms with Crippen molar-refractivity contribution >= 4 is 10.9 Å². The Kier molecular flexibility index (Phi) is 4.79. The number of ether oxygens (including phenoxy) is 2. The second-order valence-corrected chi connectivity index (χ2v) is 6.94. The Morgan fingerprint density at radius 2 is 1.85 bits per heavy atom. The van der Waals surface area contributed by atoms with Crippen molar-refractivity contribution in [3.05, 3.63) is 66.1 Å². The van der Waals surface area contributed by atoms with Gasteiger partial charge in [-0.05, 0) is 86.6 Å². The Bertz CT molecular complexity index is 913. The number of hydrogen-bond acceptors (Lipinski definition) is 3. The van der Waals surface area contributed by atoms with E-state index >= 15 is 0 Å². The second kappa shape index (κ2) is 7.36. The topological polar surface area (TPSA) is 31.4 Å². The summed E-state index contributed by atoms with van der Waals surface area (Å²) < 4.78 is 12.1. The summed E-state index contributed by atoms with van der Waals surface area (Å²) in [6, 6.07) is 16.2. The van der Waals surface area contributed by atoms with Crippen LogP contribution in [0.25, 0.3) is 10.9 Å².